The molecule has 0 aliphatic carbocycles. The van der Waals surface area contributed by atoms with Crippen LogP contribution in [0.5, 0.6) is 0 Å². The van der Waals surface area contributed by atoms with Crippen LogP contribution >= 0.6 is 0 Å². The molecular formula is C25H27F2N7O2. The number of fused-ring (bicyclic) bond motifs is 2. The summed E-state index contributed by atoms with van der Waals surface area (Å²) in [7, 11) is 0. The third-order valence-electron chi connectivity index (χ3n) is 6.39. The van der Waals surface area contributed by atoms with Crippen molar-refractivity contribution in [2.75, 3.05) is 11.9 Å². The number of anilines is 2. The van der Waals surface area contributed by atoms with Gasteiger partial charge in [-0.05, 0) is 69.1 Å². The van der Waals surface area contributed by atoms with E-state index in [2.05, 4.69) is 31.7 Å². The van der Waals surface area contributed by atoms with Gasteiger partial charge < -0.3 is 15.7 Å². The molecule has 4 aromatic rings. The zero-order valence-corrected chi connectivity index (χ0v) is 20.2. The first-order valence-corrected chi connectivity index (χ1v) is 11.7. The number of benzene rings is 1. The maximum absolute atomic E-state index is 13.5. The van der Waals surface area contributed by atoms with Crippen LogP contribution in [0.4, 0.5) is 20.4 Å². The molecule has 1 aliphatic heterocycles. The summed E-state index contributed by atoms with van der Waals surface area (Å²) in [4.78, 5) is 26.2. The largest absolute Gasteiger partial charge is 0.378 e. The van der Waals surface area contributed by atoms with Crippen LogP contribution < -0.4 is 16.2 Å². The number of nitrogens with zero attached hydrogens (tertiary/aromatic N) is 5. The molecular weight excluding hydrogens is 468 g/mol. The second-order valence-electron chi connectivity index (χ2n) is 9.37. The van der Waals surface area contributed by atoms with Gasteiger partial charge in [-0.3, -0.25) is 9.78 Å². The quantitative estimate of drug-likeness (QED) is 0.376. The zero-order valence-electron chi connectivity index (χ0n) is 20.2. The van der Waals surface area contributed by atoms with E-state index in [1.165, 1.54) is 34.3 Å². The number of nitrogens with one attached hydrogen (secondary N) is 2. The number of hydrogen-bond acceptors (Lipinski definition) is 7. The molecule has 188 valence electrons. The van der Waals surface area contributed by atoms with Gasteiger partial charge >= 0.3 is 0 Å². The standard InChI is InChI=1S/C25H27F2N7O2/c1-14(2)33-22(35)19-13-30-24(31-17-5-4-15-6-8-28-12-16(15)10-17)32-21(19)34(33)18-7-9-29-20(11-18)25(3,36)23(26)27/h4-5,7,9-11,13-14,23,28,36H,6,8,12H2,1-3H3,(H,30,31,32). The lowest BCUT2D eigenvalue weighted by atomic mass is 10.0. The highest BCUT2D eigenvalue weighted by Gasteiger charge is 2.36. The van der Waals surface area contributed by atoms with Crippen molar-refractivity contribution in [2.45, 2.75) is 51.8 Å². The van der Waals surface area contributed by atoms with Crippen molar-refractivity contribution in [3.8, 4) is 5.69 Å². The summed E-state index contributed by atoms with van der Waals surface area (Å²) in [5, 5.41) is 17.1. The van der Waals surface area contributed by atoms with E-state index in [1.54, 1.807) is 10.7 Å². The first-order valence-electron chi connectivity index (χ1n) is 11.7. The number of aliphatic hydroxyl groups is 1. The molecule has 11 heteroatoms. The molecule has 3 aromatic heterocycles. The van der Waals surface area contributed by atoms with Gasteiger partial charge in [0.2, 0.25) is 5.95 Å². The summed E-state index contributed by atoms with van der Waals surface area (Å²) in [6, 6.07) is 8.73. The van der Waals surface area contributed by atoms with Crippen LogP contribution in [0.1, 0.15) is 43.6 Å². The normalized spacial score (nSPS) is 15.3. The number of hydrogen-bond donors (Lipinski definition) is 3. The molecule has 0 fully saturated rings. The third kappa shape index (κ3) is 4.14. The Morgan fingerprint density at radius 1 is 1.17 bits per heavy atom. The summed E-state index contributed by atoms with van der Waals surface area (Å²) in [6.07, 6.45) is 0.710. The highest BCUT2D eigenvalue weighted by molar-refractivity contribution is 5.77. The fourth-order valence-electron chi connectivity index (χ4n) is 4.40. The molecule has 5 rings (SSSR count). The van der Waals surface area contributed by atoms with E-state index in [0.717, 1.165) is 32.1 Å². The Morgan fingerprint density at radius 2 is 1.97 bits per heavy atom. The van der Waals surface area contributed by atoms with Crippen molar-refractivity contribution >= 4 is 22.7 Å². The Balaban J connectivity index is 1.62. The second kappa shape index (κ2) is 9.07. The SMILES string of the molecule is CC(C)n1c(=O)c2cnc(Nc3ccc4c(c3)CNCC4)nc2n1-c1ccnc(C(C)(O)C(F)F)c1. The Kier molecular flexibility index (Phi) is 6.05. The Labute approximate surface area is 205 Å². The number of rotatable bonds is 6. The molecule has 1 aliphatic rings. The smallest absolute Gasteiger partial charge is 0.278 e. The fraction of sp³-hybridized carbons (Fsp3) is 0.360. The predicted octanol–water partition coefficient (Wildman–Crippen LogP) is 3.42. The van der Waals surface area contributed by atoms with Crippen LogP contribution in [0.15, 0.2) is 47.5 Å². The van der Waals surface area contributed by atoms with E-state index >= 15 is 0 Å². The highest BCUT2D eigenvalue weighted by atomic mass is 19.3. The van der Waals surface area contributed by atoms with E-state index in [-0.39, 0.29) is 28.6 Å². The van der Waals surface area contributed by atoms with Gasteiger partial charge in [0.15, 0.2) is 11.2 Å². The fourth-order valence-corrected chi connectivity index (χ4v) is 4.40. The van der Waals surface area contributed by atoms with Crippen LogP contribution in [0, 0.1) is 0 Å². The third-order valence-corrected chi connectivity index (χ3v) is 6.39. The van der Waals surface area contributed by atoms with Crippen molar-refractivity contribution in [3.05, 3.63) is 69.9 Å². The highest BCUT2D eigenvalue weighted by Crippen LogP contribution is 2.29. The van der Waals surface area contributed by atoms with Crippen molar-refractivity contribution in [1.82, 2.24) is 29.6 Å². The average molecular weight is 496 g/mol. The van der Waals surface area contributed by atoms with E-state index in [9.17, 15) is 18.7 Å². The molecule has 9 nitrogen and oxygen atoms in total. The first kappa shape index (κ1) is 24.0. The van der Waals surface area contributed by atoms with Crippen LogP contribution in [-0.4, -0.2) is 42.4 Å². The lowest BCUT2D eigenvalue weighted by Gasteiger charge is -2.23. The van der Waals surface area contributed by atoms with E-state index in [0.29, 0.717) is 11.3 Å². The van der Waals surface area contributed by atoms with Gasteiger partial charge in [0.25, 0.3) is 12.0 Å². The molecule has 36 heavy (non-hydrogen) atoms. The Morgan fingerprint density at radius 3 is 2.72 bits per heavy atom. The molecule has 1 unspecified atom stereocenters. The summed E-state index contributed by atoms with van der Waals surface area (Å²) >= 11 is 0. The number of alkyl halides is 2. The van der Waals surface area contributed by atoms with Crippen LogP contribution in [0.2, 0.25) is 0 Å². The van der Waals surface area contributed by atoms with Gasteiger partial charge in [-0.25, -0.2) is 23.1 Å². The summed E-state index contributed by atoms with van der Waals surface area (Å²) in [5.74, 6) is 0.287. The lowest BCUT2D eigenvalue weighted by molar-refractivity contribution is -0.0910. The molecule has 0 radical (unpaired) electrons. The van der Waals surface area contributed by atoms with Gasteiger partial charge in [0.05, 0.1) is 11.4 Å². The topological polar surface area (TPSA) is 110 Å². The number of halogens is 2. The minimum absolute atomic E-state index is 0.213. The minimum Gasteiger partial charge on any atom is -0.378 e. The van der Waals surface area contributed by atoms with Gasteiger partial charge in [0.1, 0.15) is 5.39 Å². The van der Waals surface area contributed by atoms with Gasteiger partial charge in [-0.2, -0.15) is 4.98 Å². The van der Waals surface area contributed by atoms with Crippen molar-refractivity contribution in [1.29, 1.82) is 0 Å². The van der Waals surface area contributed by atoms with E-state index in [4.69, 9.17) is 0 Å². The zero-order chi connectivity index (χ0) is 25.6. The van der Waals surface area contributed by atoms with E-state index in [1.807, 2.05) is 26.0 Å². The molecule has 0 amide bonds. The lowest BCUT2D eigenvalue weighted by Crippen LogP contribution is -2.32. The molecule has 0 bridgehead atoms. The molecule has 1 atom stereocenters. The number of pyridine rings is 1. The summed E-state index contributed by atoms with van der Waals surface area (Å²) < 4.78 is 30.0. The average Bonchev–Trinajstić information content (AvgIpc) is 3.16. The maximum Gasteiger partial charge on any atom is 0.278 e. The molecule has 4 heterocycles. The van der Waals surface area contributed by atoms with Crippen molar-refractivity contribution in [3.63, 3.8) is 0 Å². The summed E-state index contributed by atoms with van der Waals surface area (Å²) in [6.45, 7) is 6.41. The molecule has 3 N–H and O–H groups in total. The summed E-state index contributed by atoms with van der Waals surface area (Å²) in [5.41, 5.74) is 1.00. The van der Waals surface area contributed by atoms with Crippen molar-refractivity contribution < 1.29 is 13.9 Å². The van der Waals surface area contributed by atoms with Gasteiger partial charge in [0, 0.05) is 30.7 Å². The van der Waals surface area contributed by atoms with Gasteiger partial charge in [-0.1, -0.05) is 6.07 Å². The van der Waals surface area contributed by atoms with Crippen LogP contribution in [0.3, 0.4) is 0 Å². The van der Waals surface area contributed by atoms with Gasteiger partial charge in [-0.15, -0.1) is 0 Å². The second-order valence-corrected chi connectivity index (χ2v) is 9.37. The predicted molar refractivity (Wildman–Crippen MR) is 132 cm³/mol. The van der Waals surface area contributed by atoms with Crippen LogP contribution in [0.25, 0.3) is 16.7 Å². The first-order chi connectivity index (χ1) is 17.2. The Bertz CT molecular complexity index is 1490. The molecule has 0 saturated carbocycles. The number of aromatic nitrogens is 5. The molecule has 0 spiro atoms. The van der Waals surface area contributed by atoms with Crippen LogP contribution in [-0.2, 0) is 18.6 Å². The monoisotopic (exact) mass is 495 g/mol. The molecule has 1 aromatic carbocycles. The minimum atomic E-state index is -3.04. The molecule has 0 saturated heterocycles. The van der Waals surface area contributed by atoms with Crippen molar-refractivity contribution in [2.24, 2.45) is 0 Å². The van der Waals surface area contributed by atoms with E-state index < -0.39 is 12.0 Å². The Hall–Kier alpha value is -3.70. The maximum atomic E-state index is 13.5.